The normalized spacial score (nSPS) is 11.3. The maximum atomic E-state index is 12.0. The smallest absolute Gasteiger partial charge is 0.407 e. The van der Waals surface area contributed by atoms with Crippen LogP contribution in [0.2, 0.25) is 0 Å². The zero-order valence-corrected chi connectivity index (χ0v) is 14.6. The van der Waals surface area contributed by atoms with E-state index < -0.39 is 18.1 Å². The van der Waals surface area contributed by atoms with E-state index >= 15 is 0 Å². The third-order valence-electron chi connectivity index (χ3n) is 3.38. The molecular formula is C18H31NO4. The molecule has 1 amide bonds. The van der Waals surface area contributed by atoms with Crippen molar-refractivity contribution in [3.05, 3.63) is 0 Å². The van der Waals surface area contributed by atoms with Gasteiger partial charge in [0.25, 0.3) is 0 Å². The molecule has 5 nitrogen and oxygen atoms in total. The number of amides is 1. The number of nitrogens with one attached hydrogen (secondary N) is 1. The van der Waals surface area contributed by atoms with Crippen LogP contribution in [0.15, 0.2) is 0 Å². The molecule has 1 N–H and O–H groups in total. The molecule has 0 bridgehead atoms. The summed E-state index contributed by atoms with van der Waals surface area (Å²) in [6, 6.07) is -0.654. The van der Waals surface area contributed by atoms with E-state index in [1.807, 2.05) is 6.92 Å². The molecule has 1 atom stereocenters. The van der Waals surface area contributed by atoms with Crippen molar-refractivity contribution in [3.8, 4) is 12.3 Å². The Morgan fingerprint density at radius 3 is 2.35 bits per heavy atom. The summed E-state index contributed by atoms with van der Waals surface area (Å²) in [7, 11) is 0. The van der Waals surface area contributed by atoms with E-state index in [0.29, 0.717) is 19.4 Å². The number of rotatable bonds is 13. The van der Waals surface area contributed by atoms with Gasteiger partial charge >= 0.3 is 12.1 Å². The molecule has 0 aliphatic heterocycles. The molecule has 132 valence electrons. The monoisotopic (exact) mass is 325 g/mol. The summed E-state index contributed by atoms with van der Waals surface area (Å²) >= 11 is 0. The van der Waals surface area contributed by atoms with Crippen molar-refractivity contribution < 1.29 is 19.1 Å². The number of esters is 1. The molecule has 0 aromatic heterocycles. The first-order valence-electron chi connectivity index (χ1n) is 8.69. The van der Waals surface area contributed by atoms with Crippen LogP contribution in [0, 0.1) is 12.3 Å². The summed E-state index contributed by atoms with van der Waals surface area (Å²) in [4.78, 5) is 23.6. The molecule has 23 heavy (non-hydrogen) atoms. The summed E-state index contributed by atoms with van der Waals surface area (Å²) in [5.74, 6) is 1.99. The molecule has 0 fully saturated rings. The third kappa shape index (κ3) is 12.5. The second-order valence-electron chi connectivity index (χ2n) is 5.51. The van der Waals surface area contributed by atoms with Gasteiger partial charge in [-0.05, 0) is 12.8 Å². The number of carbonyl (C=O) groups excluding carboxylic acids is 2. The standard InChI is InChI=1S/C18H31NO4/c1-4-7-9-10-11-12-15-22-17(20)16(13-6-3)19-18(21)23-14-8-5-2/h2,16H,4,6-15H2,1,3H3,(H,19,21)/t16-/m0/s1. The average molecular weight is 325 g/mol. The molecule has 0 unspecified atom stereocenters. The number of alkyl carbamates (subject to hydrolysis) is 1. The lowest BCUT2D eigenvalue weighted by atomic mass is 10.1. The Morgan fingerprint density at radius 1 is 1.00 bits per heavy atom. The van der Waals surface area contributed by atoms with Crippen molar-refractivity contribution in [2.45, 2.75) is 77.7 Å². The number of ether oxygens (including phenoxy) is 2. The zero-order chi connectivity index (χ0) is 17.3. The molecule has 0 aromatic carbocycles. The number of hydrogen-bond acceptors (Lipinski definition) is 4. The molecule has 0 heterocycles. The Bertz CT molecular complexity index is 363. The second-order valence-corrected chi connectivity index (χ2v) is 5.51. The predicted molar refractivity (Wildman–Crippen MR) is 91.0 cm³/mol. The van der Waals surface area contributed by atoms with E-state index in [1.54, 1.807) is 0 Å². The van der Waals surface area contributed by atoms with Crippen LogP contribution in [0.1, 0.15) is 71.6 Å². The van der Waals surface area contributed by atoms with Crippen molar-refractivity contribution in [2.24, 2.45) is 0 Å². The molecule has 0 saturated carbocycles. The molecule has 0 saturated heterocycles. The van der Waals surface area contributed by atoms with Crippen molar-refractivity contribution >= 4 is 12.1 Å². The minimum absolute atomic E-state index is 0.147. The summed E-state index contributed by atoms with van der Waals surface area (Å²) in [6.45, 7) is 4.67. The molecule has 0 aromatic rings. The van der Waals surface area contributed by atoms with E-state index in [4.69, 9.17) is 15.9 Å². The van der Waals surface area contributed by atoms with Crippen molar-refractivity contribution in [1.82, 2.24) is 5.32 Å². The molecule has 0 radical (unpaired) electrons. The van der Waals surface area contributed by atoms with Gasteiger partial charge in [0, 0.05) is 6.42 Å². The maximum absolute atomic E-state index is 12.0. The van der Waals surface area contributed by atoms with Crippen LogP contribution >= 0.6 is 0 Å². The maximum Gasteiger partial charge on any atom is 0.407 e. The van der Waals surface area contributed by atoms with Crippen LogP contribution in [-0.2, 0) is 14.3 Å². The molecule has 0 aliphatic carbocycles. The van der Waals surface area contributed by atoms with Crippen LogP contribution in [0.3, 0.4) is 0 Å². The molecule has 0 aliphatic rings. The molecule has 0 spiro atoms. The van der Waals surface area contributed by atoms with Crippen molar-refractivity contribution in [3.63, 3.8) is 0 Å². The zero-order valence-electron chi connectivity index (χ0n) is 14.6. The Morgan fingerprint density at radius 2 is 1.70 bits per heavy atom. The van der Waals surface area contributed by atoms with E-state index in [9.17, 15) is 9.59 Å². The highest BCUT2D eigenvalue weighted by atomic mass is 16.6. The number of carbonyl (C=O) groups is 2. The lowest BCUT2D eigenvalue weighted by Gasteiger charge is -2.16. The number of terminal acetylenes is 1. The van der Waals surface area contributed by atoms with Gasteiger partial charge in [-0.2, -0.15) is 0 Å². The second kappa shape index (κ2) is 15.2. The topological polar surface area (TPSA) is 64.6 Å². The SMILES string of the molecule is C#CCCOC(=O)N[C@@H](CCC)C(=O)OCCCCCCCC. The van der Waals surface area contributed by atoms with Gasteiger partial charge in [-0.25, -0.2) is 9.59 Å². The van der Waals surface area contributed by atoms with Gasteiger partial charge in [-0.15, -0.1) is 12.3 Å². The van der Waals surface area contributed by atoms with Gasteiger partial charge in [-0.1, -0.05) is 52.4 Å². The van der Waals surface area contributed by atoms with Gasteiger partial charge in [0.05, 0.1) is 6.61 Å². The molecule has 0 rings (SSSR count). The van der Waals surface area contributed by atoms with E-state index in [-0.39, 0.29) is 6.61 Å². The Hall–Kier alpha value is -1.70. The first kappa shape index (κ1) is 21.3. The van der Waals surface area contributed by atoms with Gasteiger partial charge in [-0.3, -0.25) is 0 Å². The van der Waals surface area contributed by atoms with Crippen LogP contribution in [-0.4, -0.2) is 31.3 Å². The quantitative estimate of drug-likeness (QED) is 0.318. The highest BCUT2D eigenvalue weighted by molar-refractivity contribution is 5.81. The number of hydrogen-bond donors (Lipinski definition) is 1. The fourth-order valence-corrected chi connectivity index (χ4v) is 2.08. The fourth-order valence-electron chi connectivity index (χ4n) is 2.08. The Labute approximate surface area is 140 Å². The van der Waals surface area contributed by atoms with Crippen LogP contribution in [0.5, 0.6) is 0 Å². The minimum Gasteiger partial charge on any atom is -0.464 e. The number of unbranched alkanes of at least 4 members (excludes halogenated alkanes) is 5. The largest absolute Gasteiger partial charge is 0.464 e. The average Bonchev–Trinajstić information content (AvgIpc) is 2.53. The van der Waals surface area contributed by atoms with Gasteiger partial charge in [0.15, 0.2) is 0 Å². The molecular weight excluding hydrogens is 294 g/mol. The third-order valence-corrected chi connectivity index (χ3v) is 3.38. The van der Waals surface area contributed by atoms with E-state index in [1.165, 1.54) is 25.7 Å². The summed E-state index contributed by atoms with van der Waals surface area (Å²) in [5.41, 5.74) is 0. The van der Waals surface area contributed by atoms with Crippen molar-refractivity contribution in [1.29, 1.82) is 0 Å². The van der Waals surface area contributed by atoms with Gasteiger partial charge in [0.2, 0.25) is 0 Å². The Kier molecular flexibility index (Phi) is 14.1. The summed E-state index contributed by atoms with van der Waals surface area (Å²) in [6.07, 6.45) is 12.9. The van der Waals surface area contributed by atoms with Gasteiger partial charge in [0.1, 0.15) is 12.6 Å². The van der Waals surface area contributed by atoms with Crippen LogP contribution < -0.4 is 5.32 Å². The minimum atomic E-state index is -0.654. The first-order valence-corrected chi connectivity index (χ1v) is 8.69. The highest BCUT2D eigenvalue weighted by Gasteiger charge is 2.21. The Balaban J connectivity index is 3.95. The summed E-state index contributed by atoms with van der Waals surface area (Å²) < 4.78 is 10.1. The predicted octanol–water partition coefficient (Wildman–Crippen LogP) is 3.81. The van der Waals surface area contributed by atoms with Crippen LogP contribution in [0.25, 0.3) is 0 Å². The lowest BCUT2D eigenvalue weighted by molar-refractivity contribution is -0.146. The van der Waals surface area contributed by atoms with E-state index in [0.717, 1.165) is 19.3 Å². The summed E-state index contributed by atoms with van der Waals surface area (Å²) in [5, 5.41) is 2.54. The first-order chi connectivity index (χ1) is 11.2. The highest BCUT2D eigenvalue weighted by Crippen LogP contribution is 2.06. The van der Waals surface area contributed by atoms with E-state index in [2.05, 4.69) is 18.2 Å². The molecule has 5 heteroatoms. The lowest BCUT2D eigenvalue weighted by Crippen LogP contribution is -2.42. The van der Waals surface area contributed by atoms with Gasteiger partial charge < -0.3 is 14.8 Å². The fraction of sp³-hybridized carbons (Fsp3) is 0.778. The van der Waals surface area contributed by atoms with Crippen molar-refractivity contribution in [2.75, 3.05) is 13.2 Å². The van der Waals surface area contributed by atoms with Crippen LogP contribution in [0.4, 0.5) is 4.79 Å².